The summed E-state index contributed by atoms with van der Waals surface area (Å²) in [6.45, 7) is 0. The fraction of sp³-hybridized carbons (Fsp3) is 0. The minimum absolute atomic E-state index is 0.0683. The van der Waals surface area contributed by atoms with Crippen molar-refractivity contribution in [2.24, 2.45) is 0 Å². The number of ketones is 1. The number of carbonyl (C=O) groups is 2. The number of hydrogen-bond acceptors (Lipinski definition) is 3. The zero-order chi connectivity index (χ0) is 18.1. The lowest BCUT2D eigenvalue weighted by atomic mass is 9.95. The molecule has 0 atom stereocenters. The number of rotatable bonds is 2. The molecule has 4 nitrogen and oxygen atoms in total. The maximum atomic E-state index is 12.2. The van der Waals surface area contributed by atoms with Gasteiger partial charge in [0, 0.05) is 15.1 Å². The largest absolute Gasteiger partial charge is 0.505 e. The predicted octanol–water partition coefficient (Wildman–Crippen LogP) is 4.66. The van der Waals surface area contributed by atoms with Crippen LogP contribution in [-0.4, -0.2) is 16.8 Å². The standard InChI is InChI=1S/C18H10Cl3NO3/c19-11-4-1-9(2-5-11)15-16(23)14(22-18(25)17(15)24)7-10-3-6-12(20)8-13(10)21/h1-8,23H,(H,22,25)/b14-7-. The third kappa shape index (κ3) is 3.56. The van der Waals surface area contributed by atoms with E-state index in [1.165, 1.54) is 12.1 Å². The van der Waals surface area contributed by atoms with Gasteiger partial charge in [0.1, 0.15) is 0 Å². The predicted molar refractivity (Wildman–Crippen MR) is 98.6 cm³/mol. The molecule has 2 aromatic carbocycles. The molecule has 2 N–H and O–H groups in total. The highest BCUT2D eigenvalue weighted by atomic mass is 35.5. The number of hydrogen-bond donors (Lipinski definition) is 2. The van der Waals surface area contributed by atoms with E-state index in [-0.39, 0.29) is 17.0 Å². The zero-order valence-corrected chi connectivity index (χ0v) is 14.8. The van der Waals surface area contributed by atoms with Gasteiger partial charge >= 0.3 is 0 Å². The quantitative estimate of drug-likeness (QED) is 0.728. The van der Waals surface area contributed by atoms with Gasteiger partial charge in [-0.15, -0.1) is 0 Å². The van der Waals surface area contributed by atoms with E-state index in [0.717, 1.165) is 0 Å². The average Bonchev–Trinajstić information content (AvgIpc) is 2.57. The fourth-order valence-electron chi connectivity index (χ4n) is 2.36. The van der Waals surface area contributed by atoms with Crippen molar-refractivity contribution in [3.05, 3.63) is 80.1 Å². The van der Waals surface area contributed by atoms with Gasteiger partial charge in [-0.2, -0.15) is 0 Å². The third-order valence-electron chi connectivity index (χ3n) is 3.57. The molecule has 7 heteroatoms. The first kappa shape index (κ1) is 17.5. The van der Waals surface area contributed by atoms with E-state index in [1.807, 2.05) is 0 Å². The summed E-state index contributed by atoms with van der Waals surface area (Å²) in [5, 5.41) is 14.2. The van der Waals surface area contributed by atoms with E-state index in [2.05, 4.69) is 5.32 Å². The Bertz CT molecular complexity index is 947. The molecule has 0 saturated heterocycles. The molecular formula is C18H10Cl3NO3. The molecule has 0 bridgehead atoms. The molecule has 0 aromatic heterocycles. The van der Waals surface area contributed by atoms with Crippen molar-refractivity contribution >= 4 is 58.1 Å². The molecule has 1 amide bonds. The van der Waals surface area contributed by atoms with Crippen LogP contribution in [0.1, 0.15) is 11.1 Å². The summed E-state index contributed by atoms with van der Waals surface area (Å²) >= 11 is 17.8. The number of nitrogens with one attached hydrogen (secondary N) is 1. The molecular weight excluding hydrogens is 385 g/mol. The molecule has 3 rings (SSSR count). The van der Waals surface area contributed by atoms with Gasteiger partial charge in [-0.1, -0.05) is 53.0 Å². The van der Waals surface area contributed by atoms with Crippen molar-refractivity contribution < 1.29 is 14.7 Å². The molecule has 0 unspecified atom stereocenters. The molecule has 0 fully saturated rings. The van der Waals surface area contributed by atoms with Crippen LogP contribution in [0, 0.1) is 0 Å². The Morgan fingerprint density at radius 2 is 1.56 bits per heavy atom. The summed E-state index contributed by atoms with van der Waals surface area (Å²) in [5.74, 6) is -2.03. The molecule has 1 aliphatic heterocycles. The topological polar surface area (TPSA) is 66.4 Å². The van der Waals surface area contributed by atoms with E-state index < -0.39 is 11.7 Å². The molecule has 0 radical (unpaired) electrons. The van der Waals surface area contributed by atoms with E-state index in [0.29, 0.717) is 26.2 Å². The first-order valence-corrected chi connectivity index (χ1v) is 8.22. The van der Waals surface area contributed by atoms with Crippen LogP contribution in [0.4, 0.5) is 0 Å². The summed E-state index contributed by atoms with van der Waals surface area (Å²) in [4.78, 5) is 24.2. The molecule has 0 aliphatic carbocycles. The van der Waals surface area contributed by atoms with Crippen molar-refractivity contribution in [2.75, 3.05) is 0 Å². The van der Waals surface area contributed by atoms with Gasteiger partial charge in [0.05, 0.1) is 11.3 Å². The van der Waals surface area contributed by atoms with E-state index in [9.17, 15) is 14.7 Å². The second kappa shape index (κ2) is 6.92. The van der Waals surface area contributed by atoms with Crippen LogP contribution in [0.3, 0.4) is 0 Å². The second-order valence-electron chi connectivity index (χ2n) is 5.24. The molecule has 126 valence electrons. The van der Waals surface area contributed by atoms with Crippen molar-refractivity contribution in [3.63, 3.8) is 0 Å². The monoisotopic (exact) mass is 393 g/mol. The van der Waals surface area contributed by atoms with Gasteiger partial charge in [-0.05, 0) is 41.5 Å². The summed E-state index contributed by atoms with van der Waals surface area (Å²) in [6.07, 6.45) is 1.47. The van der Waals surface area contributed by atoms with Gasteiger partial charge < -0.3 is 10.4 Å². The average molecular weight is 395 g/mol. The van der Waals surface area contributed by atoms with Gasteiger partial charge in [-0.25, -0.2) is 0 Å². The van der Waals surface area contributed by atoms with Crippen LogP contribution < -0.4 is 5.32 Å². The lowest BCUT2D eigenvalue weighted by Gasteiger charge is -2.19. The molecule has 1 heterocycles. The molecule has 25 heavy (non-hydrogen) atoms. The van der Waals surface area contributed by atoms with Crippen molar-refractivity contribution in [3.8, 4) is 0 Å². The lowest BCUT2D eigenvalue weighted by molar-refractivity contribution is -0.134. The molecule has 0 saturated carbocycles. The first-order valence-electron chi connectivity index (χ1n) is 7.09. The normalized spacial score (nSPS) is 16.4. The van der Waals surface area contributed by atoms with E-state index in [4.69, 9.17) is 34.8 Å². The fourth-order valence-corrected chi connectivity index (χ4v) is 2.95. The van der Waals surface area contributed by atoms with Crippen molar-refractivity contribution in [1.82, 2.24) is 5.32 Å². The maximum Gasteiger partial charge on any atom is 0.297 e. The van der Waals surface area contributed by atoms with Crippen molar-refractivity contribution in [1.29, 1.82) is 0 Å². The highest BCUT2D eigenvalue weighted by molar-refractivity contribution is 6.55. The summed E-state index contributed by atoms with van der Waals surface area (Å²) in [7, 11) is 0. The maximum absolute atomic E-state index is 12.2. The Balaban J connectivity index is 2.14. The lowest BCUT2D eigenvalue weighted by Crippen LogP contribution is -2.37. The Labute approximate surface area is 158 Å². The van der Waals surface area contributed by atoms with Gasteiger partial charge in [0.2, 0.25) is 0 Å². The van der Waals surface area contributed by atoms with Crippen LogP contribution in [0.2, 0.25) is 15.1 Å². The Hall–Kier alpha value is -2.27. The number of carbonyl (C=O) groups excluding carboxylic acids is 2. The molecule has 2 aromatic rings. The first-order chi connectivity index (χ1) is 11.9. The van der Waals surface area contributed by atoms with Crippen LogP contribution >= 0.6 is 34.8 Å². The summed E-state index contributed by atoms with van der Waals surface area (Å²) < 4.78 is 0. The number of benzene rings is 2. The number of aliphatic hydroxyl groups is 1. The highest BCUT2D eigenvalue weighted by Gasteiger charge is 2.32. The Morgan fingerprint density at radius 3 is 2.20 bits per heavy atom. The van der Waals surface area contributed by atoms with E-state index in [1.54, 1.807) is 36.4 Å². The van der Waals surface area contributed by atoms with Crippen LogP contribution in [-0.2, 0) is 9.59 Å². The SMILES string of the molecule is O=C1N/C(=C\c2ccc(Cl)cc2Cl)C(O)=C(c2ccc(Cl)cc2)C1=O. The van der Waals surface area contributed by atoms with Gasteiger partial charge in [0.15, 0.2) is 5.76 Å². The Morgan fingerprint density at radius 1 is 0.920 bits per heavy atom. The number of aliphatic hydroxyl groups excluding tert-OH is 1. The zero-order valence-electron chi connectivity index (χ0n) is 12.5. The minimum Gasteiger partial charge on any atom is -0.505 e. The number of halogens is 3. The van der Waals surface area contributed by atoms with E-state index >= 15 is 0 Å². The molecule has 0 spiro atoms. The van der Waals surface area contributed by atoms with Crippen LogP contribution in [0.25, 0.3) is 11.6 Å². The third-order valence-corrected chi connectivity index (χ3v) is 4.38. The summed E-state index contributed by atoms with van der Waals surface area (Å²) in [6, 6.07) is 11.0. The number of Topliss-reactive ketones (excluding diaryl/α,β-unsaturated/α-hetero) is 1. The van der Waals surface area contributed by atoms with Gasteiger partial charge in [-0.3, -0.25) is 9.59 Å². The van der Waals surface area contributed by atoms with Gasteiger partial charge in [0.25, 0.3) is 11.7 Å². The van der Waals surface area contributed by atoms with Crippen molar-refractivity contribution in [2.45, 2.75) is 0 Å². The van der Waals surface area contributed by atoms with Crippen LogP contribution in [0.15, 0.2) is 53.9 Å². The second-order valence-corrected chi connectivity index (χ2v) is 6.52. The number of amides is 1. The molecule has 1 aliphatic rings. The Kier molecular flexibility index (Phi) is 4.86. The minimum atomic E-state index is -0.848. The highest BCUT2D eigenvalue weighted by Crippen LogP contribution is 2.29. The smallest absolute Gasteiger partial charge is 0.297 e. The summed E-state index contributed by atoms with van der Waals surface area (Å²) in [5.41, 5.74) is 0.878. The van der Waals surface area contributed by atoms with Crippen LogP contribution in [0.5, 0.6) is 0 Å².